The third kappa shape index (κ3) is 5.63. The summed E-state index contributed by atoms with van der Waals surface area (Å²) in [6.45, 7) is 16.2. The van der Waals surface area contributed by atoms with Crippen molar-refractivity contribution in [1.82, 2.24) is 0 Å². The van der Waals surface area contributed by atoms with Gasteiger partial charge in [-0.05, 0) is 53.3 Å². The molecule has 4 aromatic rings. The minimum absolute atomic E-state index is 0.0129. The first kappa shape index (κ1) is 30.8. The van der Waals surface area contributed by atoms with Crippen molar-refractivity contribution in [2.75, 3.05) is 0 Å². The Labute approximate surface area is 250 Å². The lowest BCUT2D eigenvalue weighted by atomic mass is 9.61. The van der Waals surface area contributed by atoms with Crippen LogP contribution in [0.25, 0.3) is 0 Å². The van der Waals surface area contributed by atoms with Crippen LogP contribution in [0, 0.1) is 0 Å². The Kier molecular flexibility index (Phi) is 8.50. The van der Waals surface area contributed by atoms with E-state index in [9.17, 15) is 14.7 Å². The van der Waals surface area contributed by atoms with Gasteiger partial charge in [0, 0.05) is 16.2 Å². The standard InChI is InChI=1S/C38H42O4/c1-25(2)42-35(41)29-24-30(36(3,4)26-18-12-9-13-19-26)32(37(5,6)27-20-14-10-15-21-27)33(31(29)34(39)40)38(7,8)28-22-16-11-17-23-28/h9-25H,1-8H3,(H,39,40). The van der Waals surface area contributed by atoms with Crippen LogP contribution in [-0.4, -0.2) is 23.1 Å². The number of aromatic carboxylic acids is 1. The molecular formula is C38H42O4. The van der Waals surface area contributed by atoms with Crippen LogP contribution in [0.1, 0.15) is 109 Å². The number of carboxylic acid groups (broad SMARTS) is 1. The average molecular weight is 563 g/mol. The molecule has 1 N–H and O–H groups in total. The Morgan fingerprint density at radius 2 is 1.00 bits per heavy atom. The molecule has 0 heterocycles. The molecule has 0 amide bonds. The molecule has 0 atom stereocenters. The number of hydrogen-bond acceptors (Lipinski definition) is 3. The fraction of sp³-hybridized carbons (Fsp3) is 0.316. The van der Waals surface area contributed by atoms with E-state index in [-0.39, 0.29) is 11.1 Å². The van der Waals surface area contributed by atoms with Gasteiger partial charge in [0.25, 0.3) is 0 Å². The number of carboxylic acids is 1. The highest BCUT2D eigenvalue weighted by atomic mass is 16.5. The van der Waals surface area contributed by atoms with E-state index in [1.807, 2.05) is 80.6 Å². The zero-order valence-electron chi connectivity index (χ0n) is 26.0. The fourth-order valence-corrected chi connectivity index (χ4v) is 6.12. The summed E-state index contributed by atoms with van der Waals surface area (Å²) in [4.78, 5) is 27.1. The summed E-state index contributed by atoms with van der Waals surface area (Å²) in [5.74, 6) is -1.79. The summed E-state index contributed by atoms with van der Waals surface area (Å²) < 4.78 is 5.68. The van der Waals surface area contributed by atoms with Crippen molar-refractivity contribution in [3.05, 3.63) is 142 Å². The van der Waals surface area contributed by atoms with Crippen LogP contribution in [-0.2, 0) is 21.0 Å². The van der Waals surface area contributed by atoms with Gasteiger partial charge in [0.2, 0.25) is 0 Å². The monoisotopic (exact) mass is 562 g/mol. The third-order valence-corrected chi connectivity index (χ3v) is 8.51. The van der Waals surface area contributed by atoms with Gasteiger partial charge in [-0.2, -0.15) is 0 Å². The smallest absolute Gasteiger partial charge is 0.339 e. The maximum atomic E-state index is 13.8. The van der Waals surface area contributed by atoms with Crippen LogP contribution in [0.15, 0.2) is 97.1 Å². The van der Waals surface area contributed by atoms with Gasteiger partial charge in [-0.1, -0.05) is 133 Å². The molecule has 0 aliphatic carbocycles. The first-order valence-corrected chi connectivity index (χ1v) is 14.5. The predicted octanol–water partition coefficient (Wildman–Crippen LogP) is 8.93. The molecule has 0 aliphatic heterocycles. The van der Waals surface area contributed by atoms with Crippen molar-refractivity contribution in [3.8, 4) is 0 Å². The summed E-state index contributed by atoms with van der Waals surface area (Å²) in [7, 11) is 0. The molecule has 0 fully saturated rings. The van der Waals surface area contributed by atoms with Gasteiger partial charge in [-0.3, -0.25) is 0 Å². The van der Waals surface area contributed by atoms with Crippen molar-refractivity contribution < 1.29 is 19.4 Å². The van der Waals surface area contributed by atoms with Crippen molar-refractivity contribution >= 4 is 11.9 Å². The van der Waals surface area contributed by atoms with Crippen molar-refractivity contribution in [2.24, 2.45) is 0 Å². The molecule has 4 aromatic carbocycles. The molecule has 0 spiro atoms. The van der Waals surface area contributed by atoms with Crippen LogP contribution < -0.4 is 0 Å². The fourth-order valence-electron chi connectivity index (χ4n) is 6.12. The second-order valence-corrected chi connectivity index (χ2v) is 12.8. The van der Waals surface area contributed by atoms with Crippen molar-refractivity contribution in [1.29, 1.82) is 0 Å². The average Bonchev–Trinajstić information content (AvgIpc) is 2.96. The number of carbonyl (C=O) groups is 2. The molecule has 42 heavy (non-hydrogen) atoms. The Balaban J connectivity index is 2.29. The molecule has 0 saturated carbocycles. The first-order chi connectivity index (χ1) is 19.7. The summed E-state index contributed by atoms with van der Waals surface area (Å²) in [5.41, 5.74) is 3.52. The molecule has 0 unspecified atom stereocenters. The molecule has 0 aromatic heterocycles. The number of benzene rings is 4. The first-order valence-electron chi connectivity index (χ1n) is 14.5. The molecule has 4 heteroatoms. The van der Waals surface area contributed by atoms with E-state index in [1.54, 1.807) is 19.9 Å². The Morgan fingerprint density at radius 3 is 1.38 bits per heavy atom. The topological polar surface area (TPSA) is 63.6 Å². The highest BCUT2D eigenvalue weighted by Gasteiger charge is 2.43. The van der Waals surface area contributed by atoms with Gasteiger partial charge >= 0.3 is 11.9 Å². The minimum atomic E-state index is -1.15. The van der Waals surface area contributed by atoms with Gasteiger partial charge < -0.3 is 9.84 Å². The zero-order valence-corrected chi connectivity index (χ0v) is 26.0. The second-order valence-electron chi connectivity index (χ2n) is 12.8. The number of ether oxygens (including phenoxy) is 1. The van der Waals surface area contributed by atoms with Gasteiger partial charge in [0.15, 0.2) is 0 Å². The van der Waals surface area contributed by atoms with E-state index in [4.69, 9.17) is 4.74 Å². The van der Waals surface area contributed by atoms with Gasteiger partial charge in [0.05, 0.1) is 17.2 Å². The summed E-state index contributed by atoms with van der Waals surface area (Å²) in [6.07, 6.45) is -0.407. The molecule has 0 bridgehead atoms. The number of esters is 1. The Bertz CT molecular complexity index is 1560. The van der Waals surface area contributed by atoms with E-state index in [2.05, 4.69) is 52.0 Å². The second kappa shape index (κ2) is 11.6. The Morgan fingerprint density at radius 1 is 0.619 bits per heavy atom. The maximum Gasteiger partial charge on any atom is 0.339 e. The van der Waals surface area contributed by atoms with Crippen LogP contribution in [0.2, 0.25) is 0 Å². The predicted molar refractivity (Wildman–Crippen MR) is 170 cm³/mol. The van der Waals surface area contributed by atoms with E-state index in [1.165, 1.54) is 0 Å². The molecule has 4 nitrogen and oxygen atoms in total. The molecule has 0 radical (unpaired) electrons. The van der Waals surface area contributed by atoms with Gasteiger partial charge in [-0.15, -0.1) is 0 Å². The van der Waals surface area contributed by atoms with Gasteiger partial charge in [-0.25, -0.2) is 9.59 Å². The summed E-state index contributed by atoms with van der Waals surface area (Å²) >= 11 is 0. The zero-order chi connectivity index (χ0) is 30.9. The summed E-state index contributed by atoms with van der Waals surface area (Å²) in [5, 5.41) is 10.9. The lowest BCUT2D eigenvalue weighted by Crippen LogP contribution is -2.36. The van der Waals surface area contributed by atoms with E-state index < -0.39 is 34.3 Å². The van der Waals surface area contributed by atoms with E-state index in [0.29, 0.717) is 5.56 Å². The third-order valence-electron chi connectivity index (χ3n) is 8.51. The highest BCUT2D eigenvalue weighted by Crippen LogP contribution is 2.49. The quantitative estimate of drug-likeness (QED) is 0.207. The molecule has 0 aliphatic rings. The minimum Gasteiger partial charge on any atom is -0.478 e. The molecule has 4 rings (SSSR count). The van der Waals surface area contributed by atoms with Crippen LogP contribution in [0.5, 0.6) is 0 Å². The molecule has 218 valence electrons. The van der Waals surface area contributed by atoms with Crippen LogP contribution >= 0.6 is 0 Å². The normalized spacial score (nSPS) is 12.3. The largest absolute Gasteiger partial charge is 0.478 e. The van der Waals surface area contributed by atoms with E-state index in [0.717, 1.165) is 27.8 Å². The van der Waals surface area contributed by atoms with Crippen molar-refractivity contribution in [3.63, 3.8) is 0 Å². The number of hydrogen-bond donors (Lipinski definition) is 1. The molecule has 0 saturated heterocycles. The van der Waals surface area contributed by atoms with Crippen molar-refractivity contribution in [2.45, 2.75) is 77.7 Å². The number of rotatable bonds is 9. The molecular weight excluding hydrogens is 520 g/mol. The van der Waals surface area contributed by atoms with E-state index >= 15 is 0 Å². The van der Waals surface area contributed by atoms with Gasteiger partial charge in [0.1, 0.15) is 0 Å². The van der Waals surface area contributed by atoms with Crippen LogP contribution in [0.3, 0.4) is 0 Å². The summed E-state index contributed by atoms with van der Waals surface area (Å²) in [6, 6.07) is 32.0. The Hall–Kier alpha value is -4.18. The number of carbonyl (C=O) groups excluding carboxylic acids is 1. The SMILES string of the molecule is CC(C)OC(=O)c1cc(C(C)(C)c2ccccc2)c(C(C)(C)c2ccccc2)c(C(C)(C)c2ccccc2)c1C(=O)O. The van der Waals surface area contributed by atoms with Crippen LogP contribution in [0.4, 0.5) is 0 Å². The lowest BCUT2D eigenvalue weighted by molar-refractivity contribution is 0.0370. The highest BCUT2D eigenvalue weighted by molar-refractivity contribution is 6.05. The lowest BCUT2D eigenvalue weighted by Gasteiger charge is -2.42. The maximum absolute atomic E-state index is 13.8.